The molecule has 0 unspecified atom stereocenters. The summed E-state index contributed by atoms with van der Waals surface area (Å²) in [5, 5.41) is 0. The van der Waals surface area contributed by atoms with Crippen molar-refractivity contribution in [2.45, 2.75) is 45.4 Å². The Morgan fingerprint density at radius 1 is 0.923 bits per heavy atom. The van der Waals surface area contributed by atoms with Crippen molar-refractivity contribution in [3.05, 3.63) is 12.2 Å². The van der Waals surface area contributed by atoms with Gasteiger partial charge < -0.3 is 4.90 Å². The van der Waals surface area contributed by atoms with Gasteiger partial charge in [0, 0.05) is 0 Å². The Morgan fingerprint density at radius 2 is 1.54 bits per heavy atom. The van der Waals surface area contributed by atoms with Crippen molar-refractivity contribution in [2.75, 3.05) is 20.6 Å². The van der Waals surface area contributed by atoms with Crippen molar-refractivity contribution < 1.29 is 0 Å². The average molecular weight is 183 g/mol. The Hall–Kier alpha value is -0.300. The summed E-state index contributed by atoms with van der Waals surface area (Å²) in [7, 11) is 4.29. The minimum Gasteiger partial charge on any atom is -0.309 e. The van der Waals surface area contributed by atoms with Gasteiger partial charge in [-0.15, -0.1) is 0 Å². The van der Waals surface area contributed by atoms with Crippen LogP contribution in [0.4, 0.5) is 0 Å². The highest BCUT2D eigenvalue weighted by Crippen LogP contribution is 2.05. The maximum absolute atomic E-state index is 2.26. The topological polar surface area (TPSA) is 3.24 Å². The van der Waals surface area contributed by atoms with Crippen molar-refractivity contribution in [1.82, 2.24) is 4.90 Å². The van der Waals surface area contributed by atoms with Crippen LogP contribution in [-0.4, -0.2) is 25.5 Å². The van der Waals surface area contributed by atoms with E-state index in [2.05, 4.69) is 38.1 Å². The summed E-state index contributed by atoms with van der Waals surface area (Å²) in [6, 6.07) is 0. The monoisotopic (exact) mass is 183 g/mol. The summed E-state index contributed by atoms with van der Waals surface area (Å²) in [4.78, 5) is 2.26. The lowest BCUT2D eigenvalue weighted by Crippen LogP contribution is -2.12. The number of rotatable bonds is 8. The molecule has 0 aliphatic rings. The molecule has 0 atom stereocenters. The van der Waals surface area contributed by atoms with Crippen LogP contribution in [0.15, 0.2) is 12.2 Å². The maximum Gasteiger partial charge on any atom is -0.00248 e. The first-order valence-electron chi connectivity index (χ1n) is 5.53. The molecule has 0 saturated heterocycles. The Kier molecular flexibility index (Phi) is 9.56. The molecule has 0 amide bonds. The maximum atomic E-state index is 2.26. The van der Waals surface area contributed by atoms with Crippen molar-refractivity contribution in [1.29, 1.82) is 0 Å². The molecule has 0 aliphatic heterocycles. The van der Waals surface area contributed by atoms with Gasteiger partial charge in [-0.2, -0.15) is 0 Å². The van der Waals surface area contributed by atoms with Crippen LogP contribution in [0, 0.1) is 0 Å². The second kappa shape index (κ2) is 9.79. The Balaban J connectivity index is 2.91. The van der Waals surface area contributed by atoms with Crippen molar-refractivity contribution in [2.24, 2.45) is 0 Å². The molecule has 0 radical (unpaired) electrons. The molecule has 0 fully saturated rings. The van der Waals surface area contributed by atoms with Crippen LogP contribution in [0.25, 0.3) is 0 Å². The lowest BCUT2D eigenvalue weighted by molar-refractivity contribution is 0.390. The molecule has 0 N–H and O–H groups in total. The number of hydrogen-bond acceptors (Lipinski definition) is 1. The second-order valence-electron chi connectivity index (χ2n) is 3.93. The molecule has 1 heteroatoms. The Labute approximate surface area is 83.8 Å². The first-order chi connectivity index (χ1) is 6.27. The van der Waals surface area contributed by atoms with Gasteiger partial charge in [-0.1, -0.05) is 31.4 Å². The van der Waals surface area contributed by atoms with Crippen molar-refractivity contribution in [3.8, 4) is 0 Å². The fourth-order valence-electron chi connectivity index (χ4n) is 1.39. The molecule has 0 bridgehead atoms. The number of allylic oxidation sites excluding steroid dienone is 2. The highest BCUT2D eigenvalue weighted by Gasteiger charge is 1.91. The number of unbranched alkanes of at least 4 members (excludes halogenated alkanes) is 5. The molecule has 0 spiro atoms. The van der Waals surface area contributed by atoms with Crippen LogP contribution in [0.3, 0.4) is 0 Å². The van der Waals surface area contributed by atoms with Gasteiger partial charge in [-0.25, -0.2) is 0 Å². The van der Waals surface area contributed by atoms with Gasteiger partial charge >= 0.3 is 0 Å². The van der Waals surface area contributed by atoms with E-state index in [9.17, 15) is 0 Å². The highest BCUT2D eigenvalue weighted by atomic mass is 15.0. The van der Waals surface area contributed by atoms with Gasteiger partial charge in [0.25, 0.3) is 0 Å². The van der Waals surface area contributed by atoms with Crippen LogP contribution in [-0.2, 0) is 0 Å². The van der Waals surface area contributed by atoms with E-state index in [1.165, 1.54) is 45.1 Å². The third-order valence-electron chi connectivity index (χ3n) is 2.21. The molecule has 0 heterocycles. The second-order valence-corrected chi connectivity index (χ2v) is 3.93. The van der Waals surface area contributed by atoms with Gasteiger partial charge in [0.15, 0.2) is 0 Å². The van der Waals surface area contributed by atoms with Gasteiger partial charge in [0.2, 0.25) is 0 Å². The minimum atomic E-state index is 1.24. The van der Waals surface area contributed by atoms with Crippen molar-refractivity contribution in [3.63, 3.8) is 0 Å². The molecule has 78 valence electrons. The summed E-state index contributed by atoms with van der Waals surface area (Å²) in [6.07, 6.45) is 12.6. The molecule has 1 nitrogen and oxygen atoms in total. The van der Waals surface area contributed by atoms with Gasteiger partial charge in [0.1, 0.15) is 0 Å². The summed E-state index contributed by atoms with van der Waals surface area (Å²) in [5.74, 6) is 0. The van der Waals surface area contributed by atoms with Crippen molar-refractivity contribution >= 4 is 0 Å². The van der Waals surface area contributed by atoms with E-state index < -0.39 is 0 Å². The van der Waals surface area contributed by atoms with E-state index in [1.54, 1.807) is 0 Å². The zero-order valence-corrected chi connectivity index (χ0v) is 9.55. The van der Waals surface area contributed by atoms with Crippen LogP contribution in [0.5, 0.6) is 0 Å². The lowest BCUT2D eigenvalue weighted by atomic mass is 10.1. The SMILES string of the molecule is CC=CCCCCCCCN(C)C. The van der Waals surface area contributed by atoms with E-state index >= 15 is 0 Å². The van der Waals surface area contributed by atoms with Gasteiger partial charge in [-0.3, -0.25) is 0 Å². The zero-order valence-electron chi connectivity index (χ0n) is 9.55. The molecule has 0 aromatic rings. The van der Waals surface area contributed by atoms with E-state index in [4.69, 9.17) is 0 Å². The third kappa shape index (κ3) is 11.7. The quantitative estimate of drug-likeness (QED) is 0.411. The zero-order chi connectivity index (χ0) is 9.94. The van der Waals surface area contributed by atoms with E-state index in [0.717, 1.165) is 0 Å². The molecular formula is C12H25N. The molecular weight excluding hydrogens is 158 g/mol. The highest BCUT2D eigenvalue weighted by molar-refractivity contribution is 4.76. The largest absolute Gasteiger partial charge is 0.309 e. The summed E-state index contributed by atoms with van der Waals surface area (Å²) in [6.45, 7) is 3.34. The Bertz CT molecular complexity index is 116. The number of hydrogen-bond donors (Lipinski definition) is 0. The Morgan fingerprint density at radius 3 is 2.15 bits per heavy atom. The van der Waals surface area contributed by atoms with Gasteiger partial charge in [-0.05, 0) is 46.8 Å². The lowest BCUT2D eigenvalue weighted by Gasteiger charge is -2.08. The fraction of sp³-hybridized carbons (Fsp3) is 0.833. The third-order valence-corrected chi connectivity index (χ3v) is 2.21. The predicted octanol–water partition coefficient (Wildman–Crippen LogP) is 3.46. The smallest absolute Gasteiger partial charge is 0.00248 e. The summed E-state index contributed by atoms with van der Waals surface area (Å²) in [5.41, 5.74) is 0. The van der Waals surface area contributed by atoms with Crippen LogP contribution < -0.4 is 0 Å². The van der Waals surface area contributed by atoms with Crippen LogP contribution in [0.1, 0.15) is 45.4 Å². The van der Waals surface area contributed by atoms with Crippen LogP contribution in [0.2, 0.25) is 0 Å². The first kappa shape index (κ1) is 12.7. The minimum absolute atomic E-state index is 1.24. The van der Waals surface area contributed by atoms with E-state index in [0.29, 0.717) is 0 Å². The first-order valence-corrected chi connectivity index (χ1v) is 5.53. The van der Waals surface area contributed by atoms with Gasteiger partial charge in [0.05, 0.1) is 0 Å². The average Bonchev–Trinajstić information content (AvgIpc) is 2.09. The summed E-state index contributed by atoms with van der Waals surface area (Å²) >= 11 is 0. The normalized spacial score (nSPS) is 11.7. The molecule has 0 rings (SSSR count). The van der Waals surface area contributed by atoms with E-state index in [-0.39, 0.29) is 0 Å². The van der Waals surface area contributed by atoms with Crippen LogP contribution >= 0.6 is 0 Å². The molecule has 0 saturated carbocycles. The predicted molar refractivity (Wildman–Crippen MR) is 61.1 cm³/mol. The fourth-order valence-corrected chi connectivity index (χ4v) is 1.39. The molecule has 0 aromatic heterocycles. The van der Waals surface area contributed by atoms with E-state index in [1.807, 2.05) is 0 Å². The molecule has 0 aromatic carbocycles. The molecule has 13 heavy (non-hydrogen) atoms. The standard InChI is InChI=1S/C12H25N/c1-4-5-6-7-8-9-10-11-12-13(2)3/h4-5H,6-12H2,1-3H3. The molecule has 0 aliphatic carbocycles. The summed E-state index contributed by atoms with van der Waals surface area (Å²) < 4.78 is 0. The number of nitrogens with zero attached hydrogens (tertiary/aromatic N) is 1.